The maximum atomic E-state index is 11.3. The van der Waals surface area contributed by atoms with Gasteiger partial charge in [-0.2, -0.15) is 0 Å². The third-order valence-electron chi connectivity index (χ3n) is 1.79. The number of hydrogen-bond donors (Lipinski definition) is 3. The van der Waals surface area contributed by atoms with E-state index in [1.165, 1.54) is 0 Å². The zero-order chi connectivity index (χ0) is 12.9. The Balaban J connectivity index is 2.31. The third-order valence-corrected chi connectivity index (χ3v) is 1.79. The first-order valence-corrected chi connectivity index (χ1v) is 5.36. The van der Waals surface area contributed by atoms with Gasteiger partial charge in [0, 0.05) is 6.54 Å². The van der Waals surface area contributed by atoms with E-state index in [0.717, 1.165) is 5.56 Å². The number of amides is 1. The zero-order valence-electron chi connectivity index (χ0n) is 10.3. The molecule has 5 heteroatoms. The van der Waals surface area contributed by atoms with Gasteiger partial charge in [0.2, 0.25) is 0 Å². The van der Waals surface area contributed by atoms with E-state index in [9.17, 15) is 9.90 Å². The Morgan fingerprint density at radius 2 is 2.12 bits per heavy atom. The smallest absolute Gasteiger partial charge is 0.422 e. The Bertz CT molecular complexity index is 386. The average molecular weight is 238 g/mol. The summed E-state index contributed by atoms with van der Waals surface area (Å²) in [5.41, 5.74) is 5.47. The van der Waals surface area contributed by atoms with Gasteiger partial charge in [0.25, 0.3) is 0 Å². The molecule has 0 spiro atoms. The molecule has 5 nitrogen and oxygen atoms in total. The first-order chi connectivity index (χ1) is 7.87. The summed E-state index contributed by atoms with van der Waals surface area (Å²) in [6.45, 7) is 5.79. The molecule has 0 aliphatic carbocycles. The van der Waals surface area contributed by atoms with Crippen LogP contribution in [0.5, 0.6) is 5.75 Å². The Hall–Kier alpha value is -1.75. The van der Waals surface area contributed by atoms with Crippen LogP contribution in [0.1, 0.15) is 26.3 Å². The van der Waals surface area contributed by atoms with Crippen LogP contribution in [0.4, 0.5) is 4.79 Å². The largest absolute Gasteiger partial charge is 0.508 e. The number of carbonyl (C=O) groups excluding carboxylic acids is 1. The standard InChI is InChI=1S/C12H18N2O3/c1-12(2,3)17-11(16)14-13-8-9-5-4-6-10(15)7-9/h4-7,13,15H,8H2,1-3H3,(H,14,16). The monoisotopic (exact) mass is 238 g/mol. The molecule has 1 aromatic carbocycles. The SMILES string of the molecule is CC(C)(C)OC(=O)NNCc1cccc(O)c1. The van der Waals surface area contributed by atoms with E-state index in [1.54, 1.807) is 39.0 Å². The lowest BCUT2D eigenvalue weighted by Gasteiger charge is -2.19. The van der Waals surface area contributed by atoms with Gasteiger partial charge in [-0.3, -0.25) is 5.43 Å². The van der Waals surface area contributed by atoms with Crippen molar-refractivity contribution in [3.8, 4) is 5.75 Å². The van der Waals surface area contributed by atoms with Gasteiger partial charge in [0.05, 0.1) is 0 Å². The first kappa shape index (κ1) is 13.3. The molecule has 0 aliphatic heterocycles. The minimum absolute atomic E-state index is 0.196. The van der Waals surface area contributed by atoms with Crippen molar-refractivity contribution in [2.24, 2.45) is 0 Å². The molecule has 1 amide bonds. The fourth-order valence-electron chi connectivity index (χ4n) is 1.19. The highest BCUT2D eigenvalue weighted by Gasteiger charge is 2.15. The lowest BCUT2D eigenvalue weighted by molar-refractivity contribution is 0.0497. The number of phenols is 1. The van der Waals surface area contributed by atoms with Crippen LogP contribution in [0, 0.1) is 0 Å². The molecular weight excluding hydrogens is 220 g/mol. The van der Waals surface area contributed by atoms with Crippen molar-refractivity contribution in [1.82, 2.24) is 10.9 Å². The van der Waals surface area contributed by atoms with Crippen LogP contribution in [-0.4, -0.2) is 16.8 Å². The van der Waals surface area contributed by atoms with Gasteiger partial charge in [-0.15, -0.1) is 0 Å². The van der Waals surface area contributed by atoms with Crippen molar-refractivity contribution in [2.45, 2.75) is 32.9 Å². The predicted molar refractivity (Wildman–Crippen MR) is 64.3 cm³/mol. The molecule has 0 fully saturated rings. The quantitative estimate of drug-likeness (QED) is 0.704. The lowest BCUT2D eigenvalue weighted by atomic mass is 10.2. The fourth-order valence-corrected chi connectivity index (χ4v) is 1.19. The number of rotatable bonds is 3. The Morgan fingerprint density at radius 3 is 2.71 bits per heavy atom. The summed E-state index contributed by atoms with van der Waals surface area (Å²) in [5, 5.41) is 9.23. The van der Waals surface area contributed by atoms with Crippen molar-refractivity contribution in [3.63, 3.8) is 0 Å². The molecule has 0 bridgehead atoms. The van der Waals surface area contributed by atoms with E-state index < -0.39 is 11.7 Å². The number of ether oxygens (including phenoxy) is 1. The van der Waals surface area contributed by atoms with E-state index in [1.807, 2.05) is 6.07 Å². The Morgan fingerprint density at radius 1 is 1.41 bits per heavy atom. The van der Waals surface area contributed by atoms with Crippen LogP contribution in [0.3, 0.4) is 0 Å². The van der Waals surface area contributed by atoms with Crippen LogP contribution in [0.25, 0.3) is 0 Å². The first-order valence-electron chi connectivity index (χ1n) is 5.36. The van der Waals surface area contributed by atoms with Gasteiger partial charge in [-0.1, -0.05) is 12.1 Å². The molecule has 94 valence electrons. The van der Waals surface area contributed by atoms with Crippen molar-refractivity contribution < 1.29 is 14.6 Å². The van der Waals surface area contributed by atoms with E-state index >= 15 is 0 Å². The highest BCUT2D eigenvalue weighted by Crippen LogP contribution is 2.10. The second kappa shape index (κ2) is 5.54. The topological polar surface area (TPSA) is 70.6 Å². The molecule has 0 atom stereocenters. The van der Waals surface area contributed by atoms with Crippen LogP contribution in [0.2, 0.25) is 0 Å². The van der Waals surface area contributed by atoms with E-state index in [-0.39, 0.29) is 5.75 Å². The number of nitrogens with one attached hydrogen (secondary N) is 2. The molecule has 0 heterocycles. The van der Waals surface area contributed by atoms with Crippen LogP contribution >= 0.6 is 0 Å². The summed E-state index contributed by atoms with van der Waals surface area (Å²) >= 11 is 0. The number of benzene rings is 1. The lowest BCUT2D eigenvalue weighted by Crippen LogP contribution is -2.40. The number of hydrazine groups is 1. The highest BCUT2D eigenvalue weighted by molar-refractivity contribution is 5.66. The van der Waals surface area contributed by atoms with Gasteiger partial charge >= 0.3 is 6.09 Å². The van der Waals surface area contributed by atoms with E-state index in [0.29, 0.717) is 6.54 Å². The van der Waals surface area contributed by atoms with Crippen LogP contribution < -0.4 is 10.9 Å². The average Bonchev–Trinajstić information content (AvgIpc) is 2.14. The van der Waals surface area contributed by atoms with E-state index in [2.05, 4.69) is 10.9 Å². The maximum absolute atomic E-state index is 11.3. The minimum Gasteiger partial charge on any atom is -0.508 e. The van der Waals surface area contributed by atoms with Gasteiger partial charge in [-0.05, 0) is 38.5 Å². The van der Waals surface area contributed by atoms with Gasteiger partial charge in [-0.25, -0.2) is 10.2 Å². The second-order valence-corrected chi connectivity index (χ2v) is 4.65. The zero-order valence-corrected chi connectivity index (χ0v) is 10.3. The number of aromatic hydroxyl groups is 1. The molecule has 1 aromatic rings. The van der Waals surface area contributed by atoms with Crippen molar-refractivity contribution in [2.75, 3.05) is 0 Å². The predicted octanol–water partition coefficient (Wildman–Crippen LogP) is 1.92. The molecule has 1 rings (SSSR count). The summed E-state index contributed by atoms with van der Waals surface area (Å²) in [6, 6.07) is 6.78. The van der Waals surface area contributed by atoms with Crippen LogP contribution in [-0.2, 0) is 11.3 Å². The van der Waals surface area contributed by atoms with E-state index in [4.69, 9.17) is 4.74 Å². The molecule has 0 aromatic heterocycles. The molecule has 0 aliphatic rings. The molecule has 3 N–H and O–H groups in total. The highest BCUT2D eigenvalue weighted by atomic mass is 16.6. The molecule has 17 heavy (non-hydrogen) atoms. The minimum atomic E-state index is -0.530. The summed E-state index contributed by atoms with van der Waals surface area (Å²) in [4.78, 5) is 11.3. The van der Waals surface area contributed by atoms with Crippen molar-refractivity contribution >= 4 is 6.09 Å². The van der Waals surface area contributed by atoms with Crippen molar-refractivity contribution in [1.29, 1.82) is 0 Å². The number of hydrogen-bond acceptors (Lipinski definition) is 4. The van der Waals surface area contributed by atoms with Gasteiger partial charge in [0.1, 0.15) is 11.4 Å². The summed E-state index contributed by atoms with van der Waals surface area (Å²) < 4.78 is 5.04. The van der Waals surface area contributed by atoms with Gasteiger partial charge in [0.15, 0.2) is 0 Å². The molecule has 0 radical (unpaired) electrons. The molecule has 0 unspecified atom stereocenters. The number of carbonyl (C=O) groups is 1. The number of phenolic OH excluding ortho intramolecular Hbond substituents is 1. The summed E-state index contributed by atoms with van der Waals surface area (Å²) in [5.74, 6) is 0.196. The van der Waals surface area contributed by atoms with Gasteiger partial charge < -0.3 is 9.84 Å². The fraction of sp³-hybridized carbons (Fsp3) is 0.417. The maximum Gasteiger partial charge on any atom is 0.422 e. The summed E-state index contributed by atoms with van der Waals surface area (Å²) in [7, 11) is 0. The normalized spacial score (nSPS) is 11.0. The molecule has 0 saturated carbocycles. The van der Waals surface area contributed by atoms with Crippen LogP contribution in [0.15, 0.2) is 24.3 Å². The van der Waals surface area contributed by atoms with Crippen molar-refractivity contribution in [3.05, 3.63) is 29.8 Å². The third kappa shape index (κ3) is 5.77. The molecule has 0 saturated heterocycles. The Labute approximate surface area is 101 Å². The Kier molecular flexibility index (Phi) is 4.34. The second-order valence-electron chi connectivity index (χ2n) is 4.65. The molecular formula is C12H18N2O3. The summed E-state index contributed by atoms with van der Waals surface area (Å²) in [6.07, 6.45) is -0.530.